The molecule has 2 nitrogen and oxygen atoms in total. The van der Waals surface area contributed by atoms with Crippen LogP contribution < -0.4 is 4.74 Å². The molecule has 0 spiro atoms. The standard InChI is InChI=1S/C17H14Cl2O2/c1-2-11-17(20,12-18)13-3-7-15(8-4-13)21-16-9-5-14(19)6-10-16/h3-10,20H,12H2,1H3. The summed E-state index contributed by atoms with van der Waals surface area (Å²) in [6, 6.07) is 14.1. The molecule has 0 aliphatic carbocycles. The summed E-state index contributed by atoms with van der Waals surface area (Å²) >= 11 is 11.6. The first-order chi connectivity index (χ1) is 10.1. The van der Waals surface area contributed by atoms with E-state index in [1.165, 1.54) is 0 Å². The summed E-state index contributed by atoms with van der Waals surface area (Å²) in [6.07, 6.45) is 0. The number of benzene rings is 2. The second-order valence-corrected chi connectivity index (χ2v) is 5.15. The van der Waals surface area contributed by atoms with Crippen LogP contribution in [0.1, 0.15) is 12.5 Å². The molecule has 0 fully saturated rings. The molecule has 21 heavy (non-hydrogen) atoms. The van der Waals surface area contributed by atoms with Crippen LogP contribution in [0.5, 0.6) is 11.5 Å². The molecule has 0 saturated carbocycles. The first kappa shape index (κ1) is 15.7. The van der Waals surface area contributed by atoms with Crippen molar-refractivity contribution in [3.05, 3.63) is 59.1 Å². The van der Waals surface area contributed by atoms with Crippen LogP contribution in [-0.4, -0.2) is 11.0 Å². The molecule has 0 amide bonds. The minimum absolute atomic E-state index is 0.00519. The monoisotopic (exact) mass is 320 g/mol. The fraction of sp³-hybridized carbons (Fsp3) is 0.176. The highest BCUT2D eigenvalue weighted by atomic mass is 35.5. The van der Waals surface area contributed by atoms with Crippen molar-refractivity contribution in [3.63, 3.8) is 0 Å². The van der Waals surface area contributed by atoms with Crippen molar-refractivity contribution >= 4 is 23.2 Å². The van der Waals surface area contributed by atoms with E-state index in [2.05, 4.69) is 11.8 Å². The molecule has 0 heterocycles. The largest absolute Gasteiger partial charge is 0.457 e. The van der Waals surface area contributed by atoms with Crippen molar-refractivity contribution in [3.8, 4) is 23.3 Å². The van der Waals surface area contributed by atoms with Gasteiger partial charge in [-0.25, -0.2) is 0 Å². The maximum atomic E-state index is 10.3. The third-order valence-corrected chi connectivity index (χ3v) is 3.55. The zero-order valence-corrected chi connectivity index (χ0v) is 12.9. The Balaban J connectivity index is 2.18. The Morgan fingerprint density at radius 2 is 1.57 bits per heavy atom. The lowest BCUT2D eigenvalue weighted by molar-refractivity contribution is 0.126. The number of alkyl halides is 1. The van der Waals surface area contributed by atoms with Gasteiger partial charge in [-0.1, -0.05) is 29.7 Å². The Kier molecular flexibility index (Phi) is 5.14. The highest BCUT2D eigenvalue weighted by Crippen LogP contribution is 2.27. The van der Waals surface area contributed by atoms with Gasteiger partial charge in [-0.2, -0.15) is 0 Å². The second kappa shape index (κ2) is 6.87. The van der Waals surface area contributed by atoms with Crippen molar-refractivity contribution in [2.75, 3.05) is 5.88 Å². The Morgan fingerprint density at radius 1 is 1.05 bits per heavy atom. The highest BCUT2D eigenvalue weighted by Gasteiger charge is 2.25. The molecule has 0 aromatic heterocycles. The Labute approximate surface area is 134 Å². The van der Waals surface area contributed by atoms with Crippen molar-refractivity contribution < 1.29 is 9.84 Å². The van der Waals surface area contributed by atoms with Gasteiger partial charge in [0, 0.05) is 5.02 Å². The first-order valence-corrected chi connectivity index (χ1v) is 7.25. The van der Waals surface area contributed by atoms with E-state index in [1.54, 1.807) is 55.5 Å². The van der Waals surface area contributed by atoms with Gasteiger partial charge in [0.15, 0.2) is 5.60 Å². The van der Waals surface area contributed by atoms with Gasteiger partial charge in [0.2, 0.25) is 0 Å². The number of rotatable bonds is 4. The molecular formula is C17H14Cl2O2. The van der Waals surface area contributed by atoms with E-state index in [-0.39, 0.29) is 5.88 Å². The average Bonchev–Trinajstić information content (AvgIpc) is 2.50. The molecule has 0 aliphatic heterocycles. The number of aliphatic hydroxyl groups is 1. The van der Waals surface area contributed by atoms with E-state index in [4.69, 9.17) is 27.9 Å². The lowest BCUT2D eigenvalue weighted by atomic mass is 9.96. The number of ether oxygens (including phenoxy) is 1. The van der Waals surface area contributed by atoms with Crippen LogP contribution in [0.4, 0.5) is 0 Å². The first-order valence-electron chi connectivity index (χ1n) is 6.33. The zero-order chi connectivity index (χ0) is 15.3. The molecule has 1 atom stereocenters. The number of hydrogen-bond acceptors (Lipinski definition) is 2. The SMILES string of the molecule is CC#CC(O)(CCl)c1ccc(Oc2ccc(Cl)cc2)cc1. The minimum Gasteiger partial charge on any atom is -0.457 e. The van der Waals surface area contributed by atoms with E-state index in [9.17, 15) is 5.11 Å². The number of hydrogen-bond donors (Lipinski definition) is 1. The molecular weight excluding hydrogens is 307 g/mol. The van der Waals surface area contributed by atoms with Gasteiger partial charge >= 0.3 is 0 Å². The van der Waals surface area contributed by atoms with Gasteiger partial charge < -0.3 is 9.84 Å². The van der Waals surface area contributed by atoms with Crippen molar-refractivity contribution in [1.29, 1.82) is 0 Å². The normalized spacial score (nSPS) is 13.0. The van der Waals surface area contributed by atoms with Gasteiger partial charge in [-0.15, -0.1) is 17.5 Å². The van der Waals surface area contributed by atoms with Gasteiger partial charge in [-0.05, 0) is 48.9 Å². The third kappa shape index (κ3) is 3.92. The highest BCUT2D eigenvalue weighted by molar-refractivity contribution is 6.30. The molecule has 108 valence electrons. The van der Waals surface area contributed by atoms with Crippen LogP contribution in [0.25, 0.3) is 0 Å². The van der Waals surface area contributed by atoms with E-state index >= 15 is 0 Å². The molecule has 1 unspecified atom stereocenters. The summed E-state index contributed by atoms with van der Waals surface area (Å²) in [4.78, 5) is 0. The summed E-state index contributed by atoms with van der Waals surface area (Å²) in [5.41, 5.74) is -0.704. The Morgan fingerprint density at radius 3 is 2.05 bits per heavy atom. The zero-order valence-electron chi connectivity index (χ0n) is 11.4. The van der Waals surface area contributed by atoms with Gasteiger partial charge in [0.1, 0.15) is 11.5 Å². The fourth-order valence-electron chi connectivity index (χ4n) is 1.83. The maximum absolute atomic E-state index is 10.3. The van der Waals surface area contributed by atoms with Crippen molar-refractivity contribution in [2.45, 2.75) is 12.5 Å². The predicted molar refractivity (Wildman–Crippen MR) is 86.0 cm³/mol. The summed E-state index contributed by atoms with van der Waals surface area (Å²) in [7, 11) is 0. The Bertz CT molecular complexity index is 654. The smallest absolute Gasteiger partial charge is 0.164 e. The van der Waals surface area contributed by atoms with Crippen molar-refractivity contribution in [1.82, 2.24) is 0 Å². The van der Waals surface area contributed by atoms with E-state index in [0.717, 1.165) is 0 Å². The molecule has 2 aromatic rings. The summed E-state index contributed by atoms with van der Waals surface area (Å²) in [6.45, 7) is 1.66. The van der Waals surface area contributed by atoms with Gasteiger partial charge in [0.25, 0.3) is 0 Å². The number of halogens is 2. The van der Waals surface area contributed by atoms with Gasteiger partial charge in [0.05, 0.1) is 5.88 Å². The molecule has 0 bridgehead atoms. The average molecular weight is 321 g/mol. The molecule has 2 aromatic carbocycles. The summed E-state index contributed by atoms with van der Waals surface area (Å²) < 4.78 is 5.69. The summed E-state index contributed by atoms with van der Waals surface area (Å²) in [5, 5.41) is 11.0. The van der Waals surface area contributed by atoms with Crippen LogP contribution in [-0.2, 0) is 5.60 Å². The van der Waals surface area contributed by atoms with Crippen molar-refractivity contribution in [2.24, 2.45) is 0 Å². The van der Waals surface area contributed by atoms with Crippen LogP contribution in [0.3, 0.4) is 0 Å². The lowest BCUT2D eigenvalue weighted by Crippen LogP contribution is -2.25. The quantitative estimate of drug-likeness (QED) is 0.660. The van der Waals surface area contributed by atoms with E-state index in [0.29, 0.717) is 22.1 Å². The molecule has 4 heteroatoms. The topological polar surface area (TPSA) is 29.5 Å². The van der Waals surface area contributed by atoms with E-state index in [1.807, 2.05) is 0 Å². The second-order valence-electron chi connectivity index (χ2n) is 4.45. The predicted octanol–water partition coefficient (Wildman–Crippen LogP) is 4.58. The fourth-order valence-corrected chi connectivity index (χ4v) is 2.17. The molecule has 0 saturated heterocycles. The molecule has 0 aliphatic rings. The minimum atomic E-state index is -1.34. The van der Waals surface area contributed by atoms with Crippen LogP contribution in [0.15, 0.2) is 48.5 Å². The lowest BCUT2D eigenvalue weighted by Gasteiger charge is -2.20. The van der Waals surface area contributed by atoms with Gasteiger partial charge in [-0.3, -0.25) is 0 Å². The van der Waals surface area contributed by atoms with E-state index < -0.39 is 5.60 Å². The molecule has 2 rings (SSSR count). The van der Waals surface area contributed by atoms with Crippen LogP contribution in [0.2, 0.25) is 5.02 Å². The molecule has 0 radical (unpaired) electrons. The molecule has 1 N–H and O–H groups in total. The van der Waals surface area contributed by atoms with Crippen LogP contribution in [0, 0.1) is 11.8 Å². The third-order valence-electron chi connectivity index (χ3n) is 2.91. The van der Waals surface area contributed by atoms with Crippen LogP contribution >= 0.6 is 23.2 Å². The Hall–Kier alpha value is -1.66. The summed E-state index contributed by atoms with van der Waals surface area (Å²) in [5.74, 6) is 6.76. The maximum Gasteiger partial charge on any atom is 0.164 e.